The standard InChI is InChI=1S/C17H24ClN3/c1-13(12-16-5-7-17(18)8-6-16)19-9-4-10-21-15(3)11-14(2)20-21/h5-8,11,13,19H,4,9-10,12H2,1-3H3. The molecule has 3 nitrogen and oxygen atoms in total. The molecule has 0 spiro atoms. The van der Waals surface area contributed by atoms with Crippen LogP contribution in [0.5, 0.6) is 0 Å². The fourth-order valence-electron chi connectivity index (χ4n) is 2.52. The number of hydrogen-bond donors (Lipinski definition) is 1. The Balaban J connectivity index is 1.68. The molecule has 1 aromatic carbocycles. The van der Waals surface area contributed by atoms with Crippen LogP contribution in [0.4, 0.5) is 0 Å². The van der Waals surface area contributed by atoms with Crippen molar-refractivity contribution in [3.63, 3.8) is 0 Å². The first-order valence-electron chi connectivity index (χ1n) is 7.53. The third-order valence-electron chi connectivity index (χ3n) is 3.60. The van der Waals surface area contributed by atoms with Crippen LogP contribution in [0, 0.1) is 13.8 Å². The molecule has 0 saturated carbocycles. The molecule has 1 atom stereocenters. The maximum absolute atomic E-state index is 5.90. The summed E-state index contributed by atoms with van der Waals surface area (Å²) >= 11 is 5.90. The van der Waals surface area contributed by atoms with Gasteiger partial charge in [0.1, 0.15) is 0 Å². The van der Waals surface area contributed by atoms with E-state index < -0.39 is 0 Å². The minimum atomic E-state index is 0.464. The van der Waals surface area contributed by atoms with Gasteiger partial charge in [-0.2, -0.15) is 5.10 Å². The van der Waals surface area contributed by atoms with Gasteiger partial charge in [0.2, 0.25) is 0 Å². The Labute approximate surface area is 132 Å². The molecule has 0 saturated heterocycles. The second-order valence-electron chi connectivity index (χ2n) is 5.69. The highest BCUT2D eigenvalue weighted by molar-refractivity contribution is 6.30. The summed E-state index contributed by atoms with van der Waals surface area (Å²) in [6, 6.07) is 10.7. The predicted molar refractivity (Wildman–Crippen MR) is 88.9 cm³/mol. The van der Waals surface area contributed by atoms with Crippen molar-refractivity contribution in [1.82, 2.24) is 15.1 Å². The van der Waals surface area contributed by atoms with Crippen molar-refractivity contribution in [3.05, 3.63) is 52.3 Å². The Morgan fingerprint density at radius 1 is 1.24 bits per heavy atom. The number of halogens is 1. The van der Waals surface area contributed by atoms with Gasteiger partial charge in [0.15, 0.2) is 0 Å². The number of rotatable bonds is 7. The van der Waals surface area contributed by atoms with E-state index in [-0.39, 0.29) is 0 Å². The number of aromatic nitrogens is 2. The van der Waals surface area contributed by atoms with Crippen molar-refractivity contribution >= 4 is 11.6 Å². The largest absolute Gasteiger partial charge is 0.314 e. The lowest BCUT2D eigenvalue weighted by Gasteiger charge is -2.14. The molecule has 0 fully saturated rings. The molecule has 0 bridgehead atoms. The van der Waals surface area contributed by atoms with Crippen molar-refractivity contribution in [3.8, 4) is 0 Å². The van der Waals surface area contributed by atoms with E-state index in [1.54, 1.807) is 0 Å². The molecular formula is C17H24ClN3. The lowest BCUT2D eigenvalue weighted by molar-refractivity contribution is 0.489. The van der Waals surface area contributed by atoms with Gasteiger partial charge < -0.3 is 5.32 Å². The van der Waals surface area contributed by atoms with E-state index in [9.17, 15) is 0 Å². The predicted octanol–water partition coefficient (Wildman–Crippen LogP) is 3.76. The zero-order chi connectivity index (χ0) is 15.2. The molecule has 2 rings (SSSR count). The van der Waals surface area contributed by atoms with E-state index in [0.717, 1.165) is 36.6 Å². The lowest BCUT2D eigenvalue weighted by atomic mass is 10.1. The van der Waals surface area contributed by atoms with E-state index in [1.807, 2.05) is 19.1 Å². The lowest BCUT2D eigenvalue weighted by Crippen LogP contribution is -2.29. The van der Waals surface area contributed by atoms with Gasteiger partial charge in [0, 0.05) is 23.3 Å². The second kappa shape index (κ2) is 7.62. The van der Waals surface area contributed by atoms with Gasteiger partial charge in [0.05, 0.1) is 5.69 Å². The van der Waals surface area contributed by atoms with Crippen LogP contribution in [0.3, 0.4) is 0 Å². The molecule has 0 amide bonds. The van der Waals surface area contributed by atoms with Gasteiger partial charge in [-0.1, -0.05) is 23.7 Å². The van der Waals surface area contributed by atoms with Crippen molar-refractivity contribution in [2.45, 2.75) is 46.2 Å². The first-order chi connectivity index (χ1) is 10.0. The van der Waals surface area contributed by atoms with Crippen LogP contribution in [-0.4, -0.2) is 22.4 Å². The van der Waals surface area contributed by atoms with Crippen molar-refractivity contribution in [2.24, 2.45) is 0 Å². The molecule has 1 N–H and O–H groups in total. The Kier molecular flexibility index (Phi) is 5.83. The molecule has 114 valence electrons. The van der Waals surface area contributed by atoms with E-state index in [4.69, 9.17) is 11.6 Å². The Morgan fingerprint density at radius 3 is 2.57 bits per heavy atom. The first-order valence-corrected chi connectivity index (χ1v) is 7.91. The van der Waals surface area contributed by atoms with Crippen LogP contribution >= 0.6 is 11.6 Å². The first kappa shape index (κ1) is 16.1. The minimum Gasteiger partial charge on any atom is -0.314 e. The smallest absolute Gasteiger partial charge is 0.0596 e. The summed E-state index contributed by atoms with van der Waals surface area (Å²) in [6.45, 7) is 8.35. The molecule has 1 heterocycles. The Bertz CT molecular complexity index is 560. The van der Waals surface area contributed by atoms with Crippen LogP contribution in [0.15, 0.2) is 30.3 Å². The summed E-state index contributed by atoms with van der Waals surface area (Å²) < 4.78 is 2.08. The van der Waals surface area contributed by atoms with Crippen LogP contribution in [0.25, 0.3) is 0 Å². The van der Waals surface area contributed by atoms with Crippen molar-refractivity contribution < 1.29 is 0 Å². The highest BCUT2D eigenvalue weighted by Crippen LogP contribution is 2.11. The highest BCUT2D eigenvalue weighted by atomic mass is 35.5. The third kappa shape index (κ3) is 5.18. The topological polar surface area (TPSA) is 29.9 Å². The number of nitrogens with zero attached hydrogens (tertiary/aromatic N) is 2. The number of benzene rings is 1. The molecule has 21 heavy (non-hydrogen) atoms. The van der Waals surface area contributed by atoms with Gasteiger partial charge in [0.25, 0.3) is 0 Å². The van der Waals surface area contributed by atoms with E-state index in [1.165, 1.54) is 11.3 Å². The minimum absolute atomic E-state index is 0.464. The quantitative estimate of drug-likeness (QED) is 0.789. The van der Waals surface area contributed by atoms with E-state index >= 15 is 0 Å². The second-order valence-corrected chi connectivity index (χ2v) is 6.13. The molecule has 0 aliphatic carbocycles. The average molecular weight is 306 g/mol. The Hall–Kier alpha value is -1.32. The maximum atomic E-state index is 5.90. The zero-order valence-electron chi connectivity index (χ0n) is 13.1. The molecule has 4 heteroatoms. The molecule has 1 aromatic heterocycles. The fourth-order valence-corrected chi connectivity index (χ4v) is 2.65. The summed E-state index contributed by atoms with van der Waals surface area (Å²) in [7, 11) is 0. The van der Waals surface area contributed by atoms with Gasteiger partial charge in [-0.15, -0.1) is 0 Å². The normalized spacial score (nSPS) is 12.6. The SMILES string of the molecule is Cc1cc(C)n(CCCNC(C)Cc2ccc(Cl)cc2)n1. The highest BCUT2D eigenvalue weighted by Gasteiger charge is 2.04. The van der Waals surface area contributed by atoms with E-state index in [2.05, 4.69) is 47.1 Å². The van der Waals surface area contributed by atoms with Crippen molar-refractivity contribution in [2.75, 3.05) is 6.54 Å². The van der Waals surface area contributed by atoms with Gasteiger partial charge in [-0.3, -0.25) is 4.68 Å². The zero-order valence-corrected chi connectivity index (χ0v) is 13.8. The summed E-state index contributed by atoms with van der Waals surface area (Å²) in [6.07, 6.45) is 2.12. The summed E-state index contributed by atoms with van der Waals surface area (Å²) in [5, 5.41) is 8.84. The molecule has 0 aliphatic heterocycles. The number of aryl methyl sites for hydroxylation is 3. The fraction of sp³-hybridized carbons (Fsp3) is 0.471. The summed E-state index contributed by atoms with van der Waals surface area (Å²) in [5.41, 5.74) is 3.65. The van der Waals surface area contributed by atoms with Crippen LogP contribution in [-0.2, 0) is 13.0 Å². The summed E-state index contributed by atoms with van der Waals surface area (Å²) in [4.78, 5) is 0. The third-order valence-corrected chi connectivity index (χ3v) is 3.85. The van der Waals surface area contributed by atoms with E-state index in [0.29, 0.717) is 6.04 Å². The molecule has 2 aromatic rings. The molecule has 0 aliphatic rings. The van der Waals surface area contributed by atoms with Crippen LogP contribution in [0.2, 0.25) is 5.02 Å². The van der Waals surface area contributed by atoms with Crippen molar-refractivity contribution in [1.29, 1.82) is 0 Å². The number of hydrogen-bond acceptors (Lipinski definition) is 2. The summed E-state index contributed by atoms with van der Waals surface area (Å²) in [5.74, 6) is 0. The average Bonchev–Trinajstić information content (AvgIpc) is 2.76. The molecular weight excluding hydrogens is 282 g/mol. The molecule has 0 radical (unpaired) electrons. The van der Waals surface area contributed by atoms with Gasteiger partial charge in [-0.05, 0) is 63.9 Å². The van der Waals surface area contributed by atoms with Gasteiger partial charge in [-0.25, -0.2) is 0 Å². The van der Waals surface area contributed by atoms with Crippen LogP contribution in [0.1, 0.15) is 30.3 Å². The van der Waals surface area contributed by atoms with Crippen LogP contribution < -0.4 is 5.32 Å². The van der Waals surface area contributed by atoms with Gasteiger partial charge >= 0.3 is 0 Å². The number of nitrogens with one attached hydrogen (secondary N) is 1. The monoisotopic (exact) mass is 305 g/mol. The maximum Gasteiger partial charge on any atom is 0.0596 e. The Morgan fingerprint density at radius 2 is 1.95 bits per heavy atom. The molecule has 1 unspecified atom stereocenters.